The Morgan fingerprint density at radius 3 is 2.55 bits per heavy atom. The average Bonchev–Trinajstić information content (AvgIpc) is 2.70. The fraction of sp³-hybridized carbons (Fsp3) is 0.533. The van der Waals surface area contributed by atoms with Gasteiger partial charge in [-0.15, -0.1) is 0 Å². The molecule has 1 amide bonds. The molecule has 0 aliphatic carbocycles. The number of likely N-dealkylation sites (tertiary alicyclic amines) is 1. The van der Waals surface area contributed by atoms with Crippen LogP contribution in [0.15, 0.2) is 22.7 Å². The highest BCUT2D eigenvalue weighted by Gasteiger charge is 2.22. The van der Waals surface area contributed by atoms with Gasteiger partial charge in [-0.3, -0.25) is 9.69 Å². The van der Waals surface area contributed by atoms with Crippen LogP contribution in [0.3, 0.4) is 0 Å². The van der Waals surface area contributed by atoms with Gasteiger partial charge in [0.2, 0.25) is 5.91 Å². The highest BCUT2D eigenvalue weighted by Crippen LogP contribution is 2.20. The fourth-order valence-corrected chi connectivity index (χ4v) is 2.81. The molecule has 1 aliphatic rings. The minimum absolute atomic E-state index is 0.145. The molecule has 0 saturated carbocycles. The Morgan fingerprint density at radius 2 is 1.95 bits per heavy atom. The standard InChI is InChI=1S/C15H20BrFN2O/c1-11(19-8-4-2-3-5-9-19)15(20)18-14-7-6-12(16)10-13(14)17/h6-7,10-11H,2-5,8-9H2,1H3,(H,18,20)/t11-/m1/s1. The Hall–Kier alpha value is -0.940. The minimum Gasteiger partial charge on any atom is -0.322 e. The van der Waals surface area contributed by atoms with Crippen LogP contribution in [0.25, 0.3) is 0 Å². The number of benzene rings is 1. The molecule has 0 radical (unpaired) electrons. The molecule has 1 atom stereocenters. The number of nitrogens with one attached hydrogen (secondary N) is 1. The van der Waals surface area contributed by atoms with E-state index in [2.05, 4.69) is 26.1 Å². The summed E-state index contributed by atoms with van der Waals surface area (Å²) in [5.41, 5.74) is 0.236. The smallest absolute Gasteiger partial charge is 0.241 e. The van der Waals surface area contributed by atoms with Crippen molar-refractivity contribution in [2.24, 2.45) is 0 Å². The third-order valence-electron chi connectivity index (χ3n) is 3.76. The molecule has 0 aromatic heterocycles. The normalized spacial score (nSPS) is 18.4. The Morgan fingerprint density at radius 1 is 1.30 bits per heavy atom. The van der Waals surface area contributed by atoms with Gasteiger partial charge in [0.25, 0.3) is 0 Å². The maximum absolute atomic E-state index is 13.7. The summed E-state index contributed by atoms with van der Waals surface area (Å²) in [6.45, 7) is 3.77. The van der Waals surface area contributed by atoms with Crippen molar-refractivity contribution in [1.29, 1.82) is 0 Å². The van der Waals surface area contributed by atoms with E-state index in [0.717, 1.165) is 25.9 Å². The molecule has 0 unspecified atom stereocenters. The van der Waals surface area contributed by atoms with E-state index in [1.165, 1.54) is 18.9 Å². The van der Waals surface area contributed by atoms with Crippen molar-refractivity contribution in [3.05, 3.63) is 28.5 Å². The molecule has 0 bridgehead atoms. The topological polar surface area (TPSA) is 32.3 Å². The third kappa shape index (κ3) is 4.03. The van der Waals surface area contributed by atoms with Crippen molar-refractivity contribution in [2.75, 3.05) is 18.4 Å². The molecule has 1 fully saturated rings. The van der Waals surface area contributed by atoms with Gasteiger partial charge >= 0.3 is 0 Å². The maximum Gasteiger partial charge on any atom is 0.241 e. The van der Waals surface area contributed by atoms with E-state index in [9.17, 15) is 9.18 Å². The summed E-state index contributed by atoms with van der Waals surface area (Å²) in [5, 5.41) is 2.68. The molecular weight excluding hydrogens is 323 g/mol. The summed E-state index contributed by atoms with van der Waals surface area (Å²) < 4.78 is 14.4. The van der Waals surface area contributed by atoms with Crippen LogP contribution < -0.4 is 5.32 Å². The van der Waals surface area contributed by atoms with E-state index in [4.69, 9.17) is 0 Å². The molecule has 0 spiro atoms. The maximum atomic E-state index is 13.7. The Kier molecular flexibility index (Phi) is 5.54. The van der Waals surface area contributed by atoms with Crippen LogP contribution in [0.2, 0.25) is 0 Å². The van der Waals surface area contributed by atoms with E-state index in [-0.39, 0.29) is 17.6 Å². The first-order valence-electron chi connectivity index (χ1n) is 7.08. The molecular formula is C15H20BrFN2O. The predicted octanol–water partition coefficient (Wildman–Crippen LogP) is 3.79. The number of amides is 1. The molecule has 3 nitrogen and oxygen atoms in total. The zero-order chi connectivity index (χ0) is 14.5. The van der Waals surface area contributed by atoms with Gasteiger partial charge in [0, 0.05) is 4.47 Å². The van der Waals surface area contributed by atoms with E-state index >= 15 is 0 Å². The van der Waals surface area contributed by atoms with Gasteiger partial charge in [0.1, 0.15) is 5.82 Å². The molecule has 1 N–H and O–H groups in total. The number of hydrogen-bond donors (Lipinski definition) is 1. The third-order valence-corrected chi connectivity index (χ3v) is 4.25. The summed E-state index contributed by atoms with van der Waals surface area (Å²) in [5.74, 6) is -0.566. The average molecular weight is 343 g/mol. The number of anilines is 1. The van der Waals surface area contributed by atoms with Gasteiger partial charge < -0.3 is 5.32 Å². The second-order valence-electron chi connectivity index (χ2n) is 5.24. The molecule has 2 rings (SSSR count). The first kappa shape index (κ1) is 15.4. The van der Waals surface area contributed by atoms with E-state index in [1.807, 2.05) is 6.92 Å². The number of carbonyl (C=O) groups excluding carboxylic acids is 1. The van der Waals surface area contributed by atoms with Crippen molar-refractivity contribution in [3.8, 4) is 0 Å². The minimum atomic E-state index is -0.421. The molecule has 1 aliphatic heterocycles. The molecule has 110 valence electrons. The molecule has 5 heteroatoms. The number of halogens is 2. The van der Waals surface area contributed by atoms with Crippen molar-refractivity contribution in [1.82, 2.24) is 4.90 Å². The lowest BCUT2D eigenvalue weighted by Gasteiger charge is -2.26. The highest BCUT2D eigenvalue weighted by atomic mass is 79.9. The second kappa shape index (κ2) is 7.18. The lowest BCUT2D eigenvalue weighted by Crippen LogP contribution is -2.42. The van der Waals surface area contributed by atoms with Crippen molar-refractivity contribution >= 4 is 27.5 Å². The van der Waals surface area contributed by atoms with Gasteiger partial charge in [0.15, 0.2) is 0 Å². The zero-order valence-electron chi connectivity index (χ0n) is 11.7. The SMILES string of the molecule is C[C@H](C(=O)Nc1ccc(Br)cc1F)N1CCCCCC1. The summed E-state index contributed by atoms with van der Waals surface area (Å²) in [6.07, 6.45) is 4.72. The Labute approximate surface area is 127 Å². The largest absolute Gasteiger partial charge is 0.322 e. The van der Waals surface area contributed by atoms with Crippen LogP contribution in [0.1, 0.15) is 32.6 Å². The quantitative estimate of drug-likeness (QED) is 0.906. The van der Waals surface area contributed by atoms with Crippen LogP contribution in [0.4, 0.5) is 10.1 Å². The molecule has 1 aromatic carbocycles. The van der Waals surface area contributed by atoms with Crippen LogP contribution in [0.5, 0.6) is 0 Å². The molecule has 1 heterocycles. The summed E-state index contributed by atoms with van der Waals surface area (Å²) in [7, 11) is 0. The van der Waals surface area contributed by atoms with Crippen LogP contribution in [-0.2, 0) is 4.79 Å². The van der Waals surface area contributed by atoms with Gasteiger partial charge in [0.05, 0.1) is 11.7 Å². The highest BCUT2D eigenvalue weighted by molar-refractivity contribution is 9.10. The lowest BCUT2D eigenvalue weighted by molar-refractivity contribution is -0.120. The van der Waals surface area contributed by atoms with Crippen molar-refractivity contribution < 1.29 is 9.18 Å². The summed E-state index contributed by atoms with van der Waals surface area (Å²) in [4.78, 5) is 14.4. The zero-order valence-corrected chi connectivity index (χ0v) is 13.2. The number of hydrogen-bond acceptors (Lipinski definition) is 2. The van der Waals surface area contributed by atoms with E-state index in [0.29, 0.717) is 4.47 Å². The molecule has 1 saturated heterocycles. The van der Waals surface area contributed by atoms with Crippen molar-refractivity contribution in [3.63, 3.8) is 0 Å². The Bertz CT molecular complexity index is 473. The molecule has 20 heavy (non-hydrogen) atoms. The first-order chi connectivity index (χ1) is 9.58. The number of rotatable bonds is 3. The van der Waals surface area contributed by atoms with Crippen molar-refractivity contribution in [2.45, 2.75) is 38.6 Å². The first-order valence-corrected chi connectivity index (χ1v) is 7.87. The summed E-state index contributed by atoms with van der Waals surface area (Å²) >= 11 is 3.20. The van der Waals surface area contributed by atoms with Gasteiger partial charge in [-0.2, -0.15) is 0 Å². The van der Waals surface area contributed by atoms with Gasteiger partial charge in [-0.05, 0) is 51.1 Å². The fourth-order valence-electron chi connectivity index (χ4n) is 2.48. The molecule has 1 aromatic rings. The van der Waals surface area contributed by atoms with Crippen LogP contribution >= 0.6 is 15.9 Å². The van der Waals surface area contributed by atoms with Gasteiger partial charge in [-0.1, -0.05) is 28.8 Å². The summed E-state index contributed by atoms with van der Waals surface area (Å²) in [6, 6.07) is 4.42. The van der Waals surface area contributed by atoms with Crippen LogP contribution in [-0.4, -0.2) is 29.9 Å². The monoisotopic (exact) mass is 342 g/mol. The second-order valence-corrected chi connectivity index (χ2v) is 6.16. The van der Waals surface area contributed by atoms with E-state index in [1.54, 1.807) is 12.1 Å². The number of nitrogens with zero attached hydrogens (tertiary/aromatic N) is 1. The number of carbonyl (C=O) groups is 1. The van der Waals surface area contributed by atoms with Crippen LogP contribution in [0, 0.1) is 5.82 Å². The lowest BCUT2D eigenvalue weighted by atomic mass is 10.2. The van der Waals surface area contributed by atoms with E-state index < -0.39 is 5.82 Å². The predicted molar refractivity (Wildman–Crippen MR) is 82.2 cm³/mol. The van der Waals surface area contributed by atoms with Gasteiger partial charge in [-0.25, -0.2) is 4.39 Å². The Balaban J connectivity index is 1.99.